The van der Waals surface area contributed by atoms with E-state index in [-0.39, 0.29) is 19.1 Å². The Hall–Kier alpha value is -2.38. The van der Waals surface area contributed by atoms with Crippen LogP contribution in [0.5, 0.6) is 5.75 Å². The number of para-hydroxylation sites is 1. The van der Waals surface area contributed by atoms with Crippen LogP contribution in [0.4, 0.5) is 0 Å². The van der Waals surface area contributed by atoms with Gasteiger partial charge in [0, 0.05) is 0 Å². The predicted octanol–water partition coefficient (Wildman–Crippen LogP) is 3.03. The van der Waals surface area contributed by atoms with E-state index in [1.807, 2.05) is 30.3 Å². The number of halogens is 1. The van der Waals surface area contributed by atoms with Crippen molar-refractivity contribution in [2.75, 3.05) is 0 Å². The van der Waals surface area contributed by atoms with Crippen molar-refractivity contribution in [2.24, 2.45) is 0 Å². The minimum Gasteiger partial charge on any atom is -0.486 e. The highest BCUT2D eigenvalue weighted by molar-refractivity contribution is 7.17. The zero-order valence-corrected chi connectivity index (χ0v) is 13.5. The molecule has 0 unspecified atom stereocenters. The Morgan fingerprint density at radius 3 is 2.83 bits per heavy atom. The van der Waals surface area contributed by atoms with E-state index in [1.54, 1.807) is 12.1 Å². The first kappa shape index (κ1) is 15.5. The summed E-state index contributed by atoms with van der Waals surface area (Å²) in [7, 11) is 0. The molecular formula is C15H13ClN4O2S. The third-order valence-corrected chi connectivity index (χ3v) is 4.13. The molecule has 2 aromatic heterocycles. The van der Waals surface area contributed by atoms with E-state index < -0.39 is 0 Å². The lowest BCUT2D eigenvalue weighted by molar-refractivity contribution is 0.0954. The summed E-state index contributed by atoms with van der Waals surface area (Å²) in [4.78, 5) is 16.7. The lowest BCUT2D eigenvalue weighted by Crippen LogP contribution is -2.22. The fourth-order valence-corrected chi connectivity index (χ4v) is 2.79. The summed E-state index contributed by atoms with van der Waals surface area (Å²) in [6.07, 6.45) is 0. The average Bonchev–Trinajstić information content (AvgIpc) is 3.21. The number of thiophene rings is 1. The zero-order chi connectivity index (χ0) is 16.1. The number of aromatic amines is 1. The molecule has 23 heavy (non-hydrogen) atoms. The summed E-state index contributed by atoms with van der Waals surface area (Å²) in [5.41, 5.74) is 0. The molecule has 3 rings (SSSR count). The molecule has 0 saturated heterocycles. The third kappa shape index (κ3) is 4.30. The van der Waals surface area contributed by atoms with Crippen molar-refractivity contribution in [1.29, 1.82) is 0 Å². The molecule has 3 aromatic rings. The SMILES string of the molecule is O=C(NCc1n[nH]c(COc2ccccc2)n1)c1ccc(Cl)s1. The van der Waals surface area contributed by atoms with Gasteiger partial charge in [0.2, 0.25) is 0 Å². The van der Waals surface area contributed by atoms with Crippen LogP contribution in [0.25, 0.3) is 0 Å². The highest BCUT2D eigenvalue weighted by atomic mass is 35.5. The summed E-state index contributed by atoms with van der Waals surface area (Å²) in [6.45, 7) is 0.516. The van der Waals surface area contributed by atoms with Crippen LogP contribution in [0.1, 0.15) is 21.3 Å². The number of nitrogens with zero attached hydrogens (tertiary/aromatic N) is 2. The van der Waals surface area contributed by atoms with Crippen LogP contribution in [-0.4, -0.2) is 21.1 Å². The number of hydrogen-bond donors (Lipinski definition) is 2. The van der Waals surface area contributed by atoms with Crippen molar-refractivity contribution >= 4 is 28.8 Å². The van der Waals surface area contributed by atoms with Crippen molar-refractivity contribution in [1.82, 2.24) is 20.5 Å². The lowest BCUT2D eigenvalue weighted by atomic mass is 10.3. The smallest absolute Gasteiger partial charge is 0.261 e. The molecule has 0 aliphatic rings. The van der Waals surface area contributed by atoms with Crippen LogP contribution in [0.2, 0.25) is 4.34 Å². The summed E-state index contributed by atoms with van der Waals surface area (Å²) in [5.74, 6) is 1.65. The van der Waals surface area contributed by atoms with Crippen molar-refractivity contribution in [3.8, 4) is 5.75 Å². The van der Waals surface area contributed by atoms with Gasteiger partial charge in [0.25, 0.3) is 5.91 Å². The molecule has 0 spiro atoms. The molecule has 6 nitrogen and oxygen atoms in total. The monoisotopic (exact) mass is 348 g/mol. The quantitative estimate of drug-likeness (QED) is 0.717. The number of benzene rings is 1. The Bertz CT molecular complexity index is 788. The summed E-state index contributed by atoms with van der Waals surface area (Å²) < 4.78 is 6.15. The number of rotatable bonds is 6. The number of carbonyl (C=O) groups excluding carboxylic acids is 1. The molecule has 0 bridgehead atoms. The molecule has 0 aliphatic carbocycles. The summed E-state index contributed by atoms with van der Waals surface area (Å²) >= 11 is 7.03. The molecule has 0 aliphatic heterocycles. The van der Waals surface area contributed by atoms with E-state index >= 15 is 0 Å². The van der Waals surface area contributed by atoms with Gasteiger partial charge >= 0.3 is 0 Å². The first-order chi connectivity index (χ1) is 11.2. The van der Waals surface area contributed by atoms with Gasteiger partial charge in [-0.25, -0.2) is 4.98 Å². The number of hydrogen-bond acceptors (Lipinski definition) is 5. The lowest BCUT2D eigenvalue weighted by Gasteiger charge is -2.02. The highest BCUT2D eigenvalue weighted by Gasteiger charge is 2.10. The number of H-pyrrole nitrogens is 1. The van der Waals surface area contributed by atoms with Gasteiger partial charge in [0.1, 0.15) is 12.4 Å². The Balaban J connectivity index is 1.50. The van der Waals surface area contributed by atoms with Crippen molar-refractivity contribution in [3.63, 3.8) is 0 Å². The van der Waals surface area contributed by atoms with Crippen molar-refractivity contribution < 1.29 is 9.53 Å². The molecule has 0 atom stereocenters. The predicted molar refractivity (Wildman–Crippen MR) is 87.7 cm³/mol. The summed E-state index contributed by atoms with van der Waals surface area (Å²) in [5, 5.41) is 9.58. The Morgan fingerprint density at radius 2 is 2.09 bits per heavy atom. The van der Waals surface area contributed by atoms with Gasteiger partial charge in [-0.1, -0.05) is 29.8 Å². The number of nitrogens with one attached hydrogen (secondary N) is 2. The van der Waals surface area contributed by atoms with Crippen LogP contribution < -0.4 is 10.1 Å². The number of ether oxygens (including phenoxy) is 1. The van der Waals surface area contributed by atoms with Crippen LogP contribution in [-0.2, 0) is 13.2 Å². The first-order valence-electron chi connectivity index (χ1n) is 6.82. The van der Waals surface area contributed by atoms with Gasteiger partial charge < -0.3 is 10.1 Å². The molecule has 0 saturated carbocycles. The van der Waals surface area contributed by atoms with Gasteiger partial charge in [0.05, 0.1) is 15.8 Å². The maximum Gasteiger partial charge on any atom is 0.261 e. The van der Waals surface area contributed by atoms with Crippen molar-refractivity contribution in [2.45, 2.75) is 13.2 Å². The van der Waals surface area contributed by atoms with E-state index in [1.165, 1.54) is 11.3 Å². The zero-order valence-electron chi connectivity index (χ0n) is 12.0. The maximum atomic E-state index is 11.9. The fourth-order valence-electron chi connectivity index (χ4n) is 1.83. The van der Waals surface area contributed by atoms with Crippen molar-refractivity contribution in [3.05, 3.63) is 63.3 Å². The molecular weight excluding hydrogens is 336 g/mol. The molecule has 0 fully saturated rings. The van der Waals surface area contributed by atoms with Crippen LogP contribution >= 0.6 is 22.9 Å². The molecule has 1 aromatic carbocycles. The van der Waals surface area contributed by atoms with Crippen LogP contribution in [0, 0.1) is 0 Å². The molecule has 2 N–H and O–H groups in total. The van der Waals surface area contributed by atoms with Gasteiger partial charge in [-0.15, -0.1) is 11.3 Å². The highest BCUT2D eigenvalue weighted by Crippen LogP contribution is 2.21. The molecule has 0 radical (unpaired) electrons. The van der Waals surface area contributed by atoms with Gasteiger partial charge in [-0.3, -0.25) is 9.89 Å². The largest absolute Gasteiger partial charge is 0.486 e. The second-order valence-electron chi connectivity index (χ2n) is 4.59. The second kappa shape index (κ2) is 7.26. The number of aromatic nitrogens is 3. The number of amides is 1. The van der Waals surface area contributed by atoms with Gasteiger partial charge in [-0.2, -0.15) is 5.10 Å². The van der Waals surface area contributed by atoms with E-state index in [0.717, 1.165) is 5.75 Å². The van der Waals surface area contributed by atoms with E-state index in [2.05, 4.69) is 20.5 Å². The molecule has 118 valence electrons. The van der Waals surface area contributed by atoms with E-state index in [4.69, 9.17) is 16.3 Å². The standard InChI is InChI=1S/C15H13ClN4O2S/c16-12-7-6-11(23-12)15(21)17-8-13-18-14(20-19-13)9-22-10-4-2-1-3-5-10/h1-7H,8-9H2,(H,17,21)(H,18,19,20). The average molecular weight is 349 g/mol. The second-order valence-corrected chi connectivity index (χ2v) is 6.30. The topological polar surface area (TPSA) is 79.9 Å². The Labute approximate surface area is 141 Å². The summed E-state index contributed by atoms with van der Waals surface area (Å²) in [6, 6.07) is 12.8. The van der Waals surface area contributed by atoms with Crippen LogP contribution in [0.3, 0.4) is 0 Å². The maximum absolute atomic E-state index is 11.9. The van der Waals surface area contributed by atoms with E-state index in [0.29, 0.717) is 20.9 Å². The fraction of sp³-hybridized carbons (Fsp3) is 0.133. The Morgan fingerprint density at radius 1 is 1.26 bits per heavy atom. The first-order valence-corrected chi connectivity index (χ1v) is 8.02. The van der Waals surface area contributed by atoms with E-state index in [9.17, 15) is 4.79 Å². The van der Waals surface area contributed by atoms with Crippen LogP contribution in [0.15, 0.2) is 42.5 Å². The minimum absolute atomic E-state index is 0.200. The molecule has 8 heteroatoms. The molecule has 1 amide bonds. The normalized spacial score (nSPS) is 10.5. The van der Waals surface area contributed by atoms with Gasteiger partial charge in [-0.05, 0) is 24.3 Å². The Kier molecular flexibility index (Phi) is 4.89. The third-order valence-electron chi connectivity index (χ3n) is 2.90. The minimum atomic E-state index is -0.200. The number of carbonyl (C=O) groups is 1. The van der Waals surface area contributed by atoms with Gasteiger partial charge in [0.15, 0.2) is 11.6 Å². The molecule has 2 heterocycles.